The van der Waals surface area contributed by atoms with Gasteiger partial charge >= 0.3 is 5.97 Å². The van der Waals surface area contributed by atoms with Gasteiger partial charge in [-0.2, -0.15) is 0 Å². The third-order valence-corrected chi connectivity index (χ3v) is 2.34. The summed E-state index contributed by atoms with van der Waals surface area (Å²) in [5.41, 5.74) is 0.911. The van der Waals surface area contributed by atoms with Crippen molar-refractivity contribution in [1.82, 2.24) is 10.5 Å². The molecule has 0 radical (unpaired) electrons. The lowest BCUT2D eigenvalue weighted by Gasteiger charge is -2.06. The molecule has 1 heterocycles. The number of hydrogen-bond acceptors (Lipinski definition) is 5. The zero-order valence-corrected chi connectivity index (χ0v) is 11.1. The largest absolute Gasteiger partial charge is 0.465 e. The van der Waals surface area contributed by atoms with E-state index in [1.807, 2.05) is 13.8 Å². The van der Waals surface area contributed by atoms with E-state index in [1.165, 1.54) is 0 Å². The summed E-state index contributed by atoms with van der Waals surface area (Å²) in [5.74, 6) is -0.264. The molecular weight excluding hydrogens is 236 g/mol. The van der Waals surface area contributed by atoms with Crippen LogP contribution in [0.1, 0.15) is 48.5 Å². The Morgan fingerprint density at radius 3 is 2.67 bits per heavy atom. The second kappa shape index (κ2) is 6.18. The Labute approximate surface area is 106 Å². The van der Waals surface area contributed by atoms with Crippen molar-refractivity contribution < 1.29 is 18.8 Å². The number of carbonyl (C=O) groups excluding carboxylic acids is 2. The molecule has 0 aliphatic carbocycles. The molecule has 1 aromatic rings. The van der Waals surface area contributed by atoms with Crippen molar-refractivity contribution >= 4 is 11.9 Å². The molecule has 1 rings (SSSR count). The van der Waals surface area contributed by atoms with Crippen LogP contribution >= 0.6 is 0 Å². The van der Waals surface area contributed by atoms with E-state index in [2.05, 4.69) is 10.5 Å². The molecule has 6 nitrogen and oxygen atoms in total. The number of carbonyl (C=O) groups is 2. The van der Waals surface area contributed by atoms with Crippen molar-refractivity contribution in [2.75, 3.05) is 13.2 Å². The maximum atomic E-state index is 11.9. The molecule has 0 unspecified atom stereocenters. The first-order chi connectivity index (χ1) is 8.47. The number of esters is 1. The van der Waals surface area contributed by atoms with Crippen molar-refractivity contribution in [3.05, 3.63) is 17.0 Å². The van der Waals surface area contributed by atoms with Crippen LogP contribution in [-0.4, -0.2) is 30.2 Å². The first-order valence-corrected chi connectivity index (χ1v) is 5.87. The van der Waals surface area contributed by atoms with Crippen LogP contribution in [-0.2, 0) is 9.53 Å². The van der Waals surface area contributed by atoms with Gasteiger partial charge in [-0.05, 0) is 13.8 Å². The molecule has 0 aromatic carbocycles. The summed E-state index contributed by atoms with van der Waals surface area (Å²) in [6.07, 6.45) is 0. The predicted molar refractivity (Wildman–Crippen MR) is 64.3 cm³/mol. The monoisotopic (exact) mass is 254 g/mol. The molecule has 1 aromatic heterocycles. The van der Waals surface area contributed by atoms with Gasteiger partial charge in [-0.15, -0.1) is 0 Å². The average Bonchev–Trinajstić information content (AvgIpc) is 2.68. The summed E-state index contributed by atoms with van der Waals surface area (Å²) in [6, 6.07) is 0. The number of aryl methyl sites for hydroxylation is 1. The van der Waals surface area contributed by atoms with Crippen molar-refractivity contribution in [3.8, 4) is 0 Å². The van der Waals surface area contributed by atoms with Crippen LogP contribution in [0.4, 0.5) is 0 Å². The standard InChI is InChI=1S/C12H18N2O4/c1-5-17-9(15)6-13-12(16)10-8(4)14-18-11(10)7(2)3/h7H,5-6H2,1-4H3,(H,13,16). The fraction of sp³-hybridized carbons (Fsp3) is 0.583. The third kappa shape index (κ3) is 3.32. The number of nitrogens with one attached hydrogen (secondary N) is 1. The van der Waals surface area contributed by atoms with Gasteiger partial charge in [-0.25, -0.2) is 0 Å². The topological polar surface area (TPSA) is 81.4 Å². The molecule has 0 aliphatic rings. The molecule has 0 aliphatic heterocycles. The van der Waals surface area contributed by atoms with Crippen LogP contribution in [0.3, 0.4) is 0 Å². The molecule has 18 heavy (non-hydrogen) atoms. The molecule has 0 saturated heterocycles. The molecule has 6 heteroatoms. The lowest BCUT2D eigenvalue weighted by atomic mass is 10.0. The Bertz CT molecular complexity index is 437. The number of hydrogen-bond donors (Lipinski definition) is 1. The number of ether oxygens (including phenoxy) is 1. The van der Waals surface area contributed by atoms with E-state index in [0.29, 0.717) is 17.0 Å². The highest BCUT2D eigenvalue weighted by molar-refractivity contribution is 5.97. The zero-order valence-electron chi connectivity index (χ0n) is 11.1. The lowest BCUT2D eigenvalue weighted by molar-refractivity contribution is -0.141. The highest BCUT2D eigenvalue weighted by Gasteiger charge is 2.22. The lowest BCUT2D eigenvalue weighted by Crippen LogP contribution is -2.31. The smallest absolute Gasteiger partial charge is 0.325 e. The summed E-state index contributed by atoms with van der Waals surface area (Å²) < 4.78 is 9.83. The van der Waals surface area contributed by atoms with Crippen LogP contribution in [0.15, 0.2) is 4.52 Å². The van der Waals surface area contributed by atoms with Crippen LogP contribution in [0.5, 0.6) is 0 Å². The van der Waals surface area contributed by atoms with E-state index in [1.54, 1.807) is 13.8 Å². The van der Waals surface area contributed by atoms with Crippen molar-refractivity contribution in [2.45, 2.75) is 33.6 Å². The second-order valence-electron chi connectivity index (χ2n) is 4.15. The SMILES string of the molecule is CCOC(=O)CNC(=O)c1c(C)noc1C(C)C. The summed E-state index contributed by atoms with van der Waals surface area (Å²) in [6.45, 7) is 7.34. The Morgan fingerprint density at radius 2 is 2.11 bits per heavy atom. The summed E-state index contributed by atoms with van der Waals surface area (Å²) in [4.78, 5) is 23.1. The second-order valence-corrected chi connectivity index (χ2v) is 4.15. The predicted octanol–water partition coefficient (Wildman–Crippen LogP) is 1.40. The highest BCUT2D eigenvalue weighted by atomic mass is 16.5. The van der Waals surface area contributed by atoms with Crippen molar-refractivity contribution in [3.63, 3.8) is 0 Å². The minimum absolute atomic E-state index is 0.0505. The molecule has 0 fully saturated rings. The maximum absolute atomic E-state index is 11.9. The fourth-order valence-corrected chi connectivity index (χ4v) is 1.51. The number of aromatic nitrogens is 1. The van der Waals surface area contributed by atoms with Gasteiger partial charge in [0.05, 0.1) is 12.3 Å². The fourth-order valence-electron chi connectivity index (χ4n) is 1.51. The Kier molecular flexibility index (Phi) is 4.88. The van der Waals surface area contributed by atoms with Gasteiger partial charge in [0.2, 0.25) is 0 Å². The van der Waals surface area contributed by atoms with Gasteiger partial charge in [-0.3, -0.25) is 9.59 Å². The summed E-state index contributed by atoms with van der Waals surface area (Å²) >= 11 is 0. The van der Waals surface area contributed by atoms with Crippen LogP contribution < -0.4 is 5.32 Å². The van der Waals surface area contributed by atoms with E-state index in [0.717, 1.165) is 0 Å². The minimum atomic E-state index is -0.467. The zero-order chi connectivity index (χ0) is 13.7. The van der Waals surface area contributed by atoms with Gasteiger partial charge in [0.15, 0.2) is 5.76 Å². The van der Waals surface area contributed by atoms with Crippen molar-refractivity contribution in [1.29, 1.82) is 0 Å². The summed E-state index contributed by atoms with van der Waals surface area (Å²) in [5, 5.41) is 6.26. The number of nitrogens with zero attached hydrogens (tertiary/aromatic N) is 1. The number of rotatable bonds is 5. The van der Waals surface area contributed by atoms with E-state index in [4.69, 9.17) is 9.26 Å². The number of amides is 1. The molecule has 0 atom stereocenters. The molecular formula is C12H18N2O4. The minimum Gasteiger partial charge on any atom is -0.465 e. The van der Waals surface area contributed by atoms with Gasteiger partial charge in [0, 0.05) is 5.92 Å². The van der Waals surface area contributed by atoms with E-state index >= 15 is 0 Å². The molecule has 1 amide bonds. The quantitative estimate of drug-likeness (QED) is 0.803. The van der Waals surface area contributed by atoms with E-state index in [9.17, 15) is 9.59 Å². The molecule has 0 spiro atoms. The Morgan fingerprint density at radius 1 is 1.44 bits per heavy atom. The van der Waals surface area contributed by atoms with E-state index in [-0.39, 0.29) is 25.0 Å². The maximum Gasteiger partial charge on any atom is 0.325 e. The third-order valence-electron chi connectivity index (χ3n) is 2.34. The first-order valence-electron chi connectivity index (χ1n) is 5.87. The first kappa shape index (κ1) is 14.2. The Balaban J connectivity index is 2.72. The summed E-state index contributed by atoms with van der Waals surface area (Å²) in [7, 11) is 0. The van der Waals surface area contributed by atoms with Crippen LogP contribution in [0, 0.1) is 6.92 Å². The van der Waals surface area contributed by atoms with Gasteiger partial charge in [0.1, 0.15) is 12.1 Å². The average molecular weight is 254 g/mol. The van der Waals surface area contributed by atoms with Gasteiger partial charge in [0.25, 0.3) is 5.91 Å². The molecule has 1 N–H and O–H groups in total. The van der Waals surface area contributed by atoms with Gasteiger partial charge < -0.3 is 14.6 Å². The molecule has 0 bridgehead atoms. The Hall–Kier alpha value is -1.85. The molecule has 0 saturated carbocycles. The highest BCUT2D eigenvalue weighted by Crippen LogP contribution is 2.21. The van der Waals surface area contributed by atoms with Crippen molar-refractivity contribution in [2.24, 2.45) is 0 Å². The van der Waals surface area contributed by atoms with E-state index < -0.39 is 5.97 Å². The van der Waals surface area contributed by atoms with Crippen LogP contribution in [0.2, 0.25) is 0 Å². The van der Waals surface area contributed by atoms with Crippen LogP contribution in [0.25, 0.3) is 0 Å². The van der Waals surface area contributed by atoms with Gasteiger partial charge in [-0.1, -0.05) is 19.0 Å². The normalized spacial score (nSPS) is 10.5. The molecule has 100 valence electrons.